The topological polar surface area (TPSA) is 114 Å². The molecule has 1 aliphatic heterocycles. The summed E-state index contributed by atoms with van der Waals surface area (Å²) in [6, 6.07) is 13.2. The molecular formula is C32H32O9. The molecule has 2 aromatic rings. The van der Waals surface area contributed by atoms with E-state index in [2.05, 4.69) is 33.9 Å². The lowest BCUT2D eigenvalue weighted by molar-refractivity contribution is -0.183. The number of esters is 4. The predicted octanol–water partition coefficient (Wildman–Crippen LogP) is 3.61. The third-order valence-corrected chi connectivity index (χ3v) is 7.98. The summed E-state index contributed by atoms with van der Waals surface area (Å²) in [5, 5.41) is 0. The van der Waals surface area contributed by atoms with Crippen molar-refractivity contribution in [2.24, 2.45) is 11.8 Å². The molecule has 0 radical (unpaired) electrons. The van der Waals surface area contributed by atoms with Crippen molar-refractivity contribution in [2.75, 3.05) is 26.4 Å². The second-order valence-corrected chi connectivity index (χ2v) is 11.2. The van der Waals surface area contributed by atoms with Crippen molar-refractivity contribution in [3.63, 3.8) is 0 Å². The first-order valence-corrected chi connectivity index (χ1v) is 13.4. The van der Waals surface area contributed by atoms with E-state index in [1.54, 1.807) is 0 Å². The molecule has 3 aliphatic carbocycles. The van der Waals surface area contributed by atoms with Crippen molar-refractivity contribution >= 4 is 23.9 Å². The van der Waals surface area contributed by atoms with E-state index in [-0.39, 0.29) is 31.8 Å². The third kappa shape index (κ3) is 4.31. The summed E-state index contributed by atoms with van der Waals surface area (Å²) < 4.78 is 28.8. The minimum Gasteiger partial charge on any atom is -0.460 e. The normalized spacial score (nSPS) is 25.4. The molecule has 4 unspecified atom stereocenters. The van der Waals surface area contributed by atoms with Gasteiger partial charge in [0.15, 0.2) is 0 Å². The molecule has 1 heterocycles. The van der Waals surface area contributed by atoms with Crippen molar-refractivity contribution in [1.82, 2.24) is 0 Å². The summed E-state index contributed by atoms with van der Waals surface area (Å²) in [5.74, 6) is -4.83. The van der Waals surface area contributed by atoms with Gasteiger partial charge in [-0.3, -0.25) is 9.59 Å². The van der Waals surface area contributed by atoms with E-state index in [1.807, 2.05) is 42.5 Å². The SMILES string of the molecule is C=CC(=O)OCCOC12c3ccccc3C(OCCOC(=O)C=C)(c3cc(C(C)(C)C)ccc31)C1C(=O)OC(=O)C12. The highest BCUT2D eigenvalue weighted by molar-refractivity contribution is 6.01. The molecule has 0 spiro atoms. The summed E-state index contributed by atoms with van der Waals surface area (Å²) in [4.78, 5) is 50.4. The first-order chi connectivity index (χ1) is 19.5. The number of rotatable bonds is 10. The quantitative estimate of drug-likeness (QED) is 0.141. The van der Waals surface area contributed by atoms with Crippen molar-refractivity contribution in [2.45, 2.75) is 37.4 Å². The highest BCUT2D eigenvalue weighted by atomic mass is 16.6. The van der Waals surface area contributed by atoms with Crippen LogP contribution in [0.1, 0.15) is 48.6 Å². The largest absolute Gasteiger partial charge is 0.460 e. The van der Waals surface area contributed by atoms with Crippen LogP contribution in [0.15, 0.2) is 67.8 Å². The summed E-state index contributed by atoms with van der Waals surface area (Å²) in [7, 11) is 0. The second-order valence-electron chi connectivity index (χ2n) is 11.2. The fourth-order valence-electron chi connectivity index (χ4n) is 6.33. The van der Waals surface area contributed by atoms with Gasteiger partial charge < -0.3 is 23.7 Å². The van der Waals surface area contributed by atoms with E-state index < -0.39 is 46.9 Å². The lowest BCUT2D eigenvalue weighted by Crippen LogP contribution is -2.63. The number of carbonyl (C=O) groups excluding carboxylic acids is 4. The van der Waals surface area contributed by atoms with Gasteiger partial charge in [-0.1, -0.05) is 76.4 Å². The Kier molecular flexibility index (Phi) is 7.21. The van der Waals surface area contributed by atoms with Gasteiger partial charge in [0.1, 0.15) is 36.3 Å². The van der Waals surface area contributed by atoms with Crippen LogP contribution >= 0.6 is 0 Å². The Labute approximate surface area is 238 Å². The van der Waals surface area contributed by atoms with E-state index in [4.69, 9.17) is 23.7 Å². The monoisotopic (exact) mass is 560 g/mol. The van der Waals surface area contributed by atoms with Gasteiger partial charge >= 0.3 is 23.9 Å². The van der Waals surface area contributed by atoms with Crippen LogP contribution in [-0.4, -0.2) is 50.3 Å². The van der Waals surface area contributed by atoms with Crippen LogP contribution in [0.25, 0.3) is 0 Å². The van der Waals surface area contributed by atoms with E-state index >= 15 is 0 Å². The number of carbonyl (C=O) groups is 4. The van der Waals surface area contributed by atoms with E-state index in [9.17, 15) is 19.2 Å². The zero-order chi connectivity index (χ0) is 29.6. The minimum atomic E-state index is -1.43. The zero-order valence-corrected chi connectivity index (χ0v) is 23.3. The molecule has 0 N–H and O–H groups in total. The van der Waals surface area contributed by atoms with Crippen molar-refractivity contribution < 1.29 is 42.9 Å². The van der Waals surface area contributed by atoms with Crippen LogP contribution in [0.5, 0.6) is 0 Å². The molecule has 9 nitrogen and oxygen atoms in total. The molecule has 0 amide bonds. The molecule has 6 rings (SSSR count). The number of cyclic esters (lactones) is 2. The first-order valence-electron chi connectivity index (χ1n) is 13.4. The molecule has 4 aliphatic rings. The van der Waals surface area contributed by atoms with E-state index in [0.717, 1.165) is 17.7 Å². The Balaban J connectivity index is 1.73. The molecule has 2 bridgehead atoms. The number of hydrogen-bond donors (Lipinski definition) is 0. The van der Waals surface area contributed by atoms with Gasteiger partial charge in [-0.15, -0.1) is 0 Å². The second kappa shape index (κ2) is 10.4. The fraction of sp³-hybridized carbons (Fsp3) is 0.375. The maximum Gasteiger partial charge on any atom is 0.330 e. The van der Waals surface area contributed by atoms with Crippen molar-refractivity contribution in [3.05, 3.63) is 95.6 Å². The minimum absolute atomic E-state index is 0.0651. The average Bonchev–Trinajstić information content (AvgIpc) is 3.28. The summed E-state index contributed by atoms with van der Waals surface area (Å²) >= 11 is 0. The van der Waals surface area contributed by atoms with Crippen LogP contribution in [-0.2, 0) is 59.5 Å². The Morgan fingerprint density at radius 3 is 1.71 bits per heavy atom. The maximum absolute atomic E-state index is 13.5. The summed E-state index contributed by atoms with van der Waals surface area (Å²) in [5.41, 5.74) is 0.465. The van der Waals surface area contributed by atoms with Gasteiger partial charge in [-0.05, 0) is 33.2 Å². The van der Waals surface area contributed by atoms with Crippen LogP contribution in [0.4, 0.5) is 0 Å². The van der Waals surface area contributed by atoms with Gasteiger partial charge in [0.25, 0.3) is 0 Å². The summed E-state index contributed by atoms with van der Waals surface area (Å²) in [6.07, 6.45) is 2.11. The number of benzene rings is 2. The van der Waals surface area contributed by atoms with Crippen LogP contribution in [0.3, 0.4) is 0 Å². The Morgan fingerprint density at radius 1 is 0.780 bits per heavy atom. The number of hydrogen-bond acceptors (Lipinski definition) is 9. The first kappa shape index (κ1) is 28.4. The van der Waals surface area contributed by atoms with Gasteiger partial charge in [-0.2, -0.15) is 0 Å². The van der Waals surface area contributed by atoms with Crippen LogP contribution < -0.4 is 0 Å². The molecule has 0 aromatic heterocycles. The van der Waals surface area contributed by atoms with E-state index in [1.165, 1.54) is 0 Å². The molecule has 4 atom stereocenters. The van der Waals surface area contributed by atoms with Gasteiger partial charge in [0.2, 0.25) is 0 Å². The molecular weight excluding hydrogens is 528 g/mol. The third-order valence-electron chi connectivity index (χ3n) is 7.98. The van der Waals surface area contributed by atoms with E-state index in [0.29, 0.717) is 22.3 Å². The Bertz CT molecular complexity index is 1450. The lowest BCUT2D eigenvalue weighted by Gasteiger charge is -2.58. The zero-order valence-electron chi connectivity index (χ0n) is 23.3. The van der Waals surface area contributed by atoms with Crippen molar-refractivity contribution in [3.8, 4) is 0 Å². The van der Waals surface area contributed by atoms with Gasteiger partial charge in [0.05, 0.1) is 13.2 Å². The molecule has 9 heteroatoms. The fourth-order valence-corrected chi connectivity index (χ4v) is 6.33. The number of ether oxygens (including phenoxy) is 5. The highest BCUT2D eigenvalue weighted by Gasteiger charge is 2.75. The Hall–Kier alpha value is -4.08. The Morgan fingerprint density at radius 2 is 1.24 bits per heavy atom. The predicted molar refractivity (Wildman–Crippen MR) is 145 cm³/mol. The average molecular weight is 561 g/mol. The van der Waals surface area contributed by atoms with Crippen LogP contribution in [0, 0.1) is 11.8 Å². The standard InChI is InChI=1S/C32H32O9/c1-6-24(33)37-14-16-39-31-20-10-8-9-11-21(20)32(40-17-15-38-25(34)7-2,27-26(31)28(35)41-29(27)36)23-18-19(30(3,4)5)12-13-22(23)31/h6-13,18,26-27H,1-2,14-17H2,3-5H3. The molecule has 2 aromatic carbocycles. The maximum atomic E-state index is 13.5. The summed E-state index contributed by atoms with van der Waals surface area (Å²) in [6.45, 7) is 12.7. The van der Waals surface area contributed by atoms with Crippen molar-refractivity contribution in [1.29, 1.82) is 0 Å². The molecule has 214 valence electrons. The highest BCUT2D eigenvalue weighted by Crippen LogP contribution is 2.67. The molecule has 1 saturated heterocycles. The molecule has 1 fully saturated rings. The molecule has 0 saturated carbocycles. The molecule has 41 heavy (non-hydrogen) atoms. The lowest BCUT2D eigenvalue weighted by atomic mass is 9.49. The van der Waals surface area contributed by atoms with Gasteiger partial charge in [0, 0.05) is 12.2 Å². The smallest absolute Gasteiger partial charge is 0.330 e. The van der Waals surface area contributed by atoms with Crippen LogP contribution in [0.2, 0.25) is 0 Å². The van der Waals surface area contributed by atoms with Gasteiger partial charge in [-0.25, -0.2) is 9.59 Å².